The van der Waals surface area contributed by atoms with Crippen LogP contribution in [0.5, 0.6) is 0 Å². The maximum absolute atomic E-state index is 13.8. The lowest BCUT2D eigenvalue weighted by atomic mass is 9.85. The van der Waals surface area contributed by atoms with Crippen LogP contribution in [0.3, 0.4) is 0 Å². The molecule has 6 heteroatoms. The van der Waals surface area contributed by atoms with Crippen molar-refractivity contribution >= 4 is 19.7 Å². The van der Waals surface area contributed by atoms with Gasteiger partial charge in [0.2, 0.25) is 0 Å². The molecule has 4 aliphatic carbocycles. The van der Waals surface area contributed by atoms with Gasteiger partial charge >= 0.3 is 0 Å². The van der Waals surface area contributed by atoms with E-state index in [0.29, 0.717) is 6.42 Å². The third kappa shape index (κ3) is 2.32. The van der Waals surface area contributed by atoms with E-state index in [1.54, 1.807) is 60.7 Å². The molecule has 0 amide bonds. The van der Waals surface area contributed by atoms with Crippen LogP contribution in [-0.4, -0.2) is 27.3 Å². The summed E-state index contributed by atoms with van der Waals surface area (Å²) in [6.07, 6.45) is 5.99. The van der Waals surface area contributed by atoms with Gasteiger partial charge in [0.1, 0.15) is 0 Å². The van der Waals surface area contributed by atoms with Gasteiger partial charge in [-0.05, 0) is 60.8 Å². The molecule has 154 valence electrons. The number of hydrogen-bond donors (Lipinski definition) is 0. The van der Waals surface area contributed by atoms with Gasteiger partial charge in [0.05, 0.1) is 20.3 Å². The number of rotatable bonds is 4. The third-order valence-corrected chi connectivity index (χ3v) is 12.2. The summed E-state index contributed by atoms with van der Waals surface area (Å²) in [5.74, 6) is 0.153. The molecular weight excluding hydrogens is 416 g/mol. The topological polar surface area (TPSA) is 68.3 Å². The van der Waals surface area contributed by atoms with Crippen LogP contribution in [0.1, 0.15) is 12.8 Å². The minimum atomic E-state index is -3.80. The molecule has 4 bridgehead atoms. The summed E-state index contributed by atoms with van der Waals surface area (Å²) in [5, 5.41) is -1.86. The molecule has 4 aliphatic rings. The lowest BCUT2D eigenvalue weighted by Crippen LogP contribution is -2.45. The molecule has 6 atom stereocenters. The number of fused-ring (bicyclic) bond motifs is 8. The fourth-order valence-corrected chi connectivity index (χ4v) is 11.5. The Morgan fingerprint density at radius 1 is 0.567 bits per heavy atom. The Labute approximate surface area is 177 Å². The maximum Gasteiger partial charge on any atom is 0.183 e. The highest BCUT2D eigenvalue weighted by atomic mass is 32.2. The average Bonchev–Trinajstić information content (AvgIpc) is 3.53. The van der Waals surface area contributed by atoms with Crippen molar-refractivity contribution in [3.05, 3.63) is 84.0 Å². The summed E-state index contributed by atoms with van der Waals surface area (Å²) in [5.41, 5.74) is 2.47. The van der Waals surface area contributed by atoms with E-state index >= 15 is 0 Å². The van der Waals surface area contributed by atoms with Gasteiger partial charge in [0.15, 0.2) is 19.7 Å². The number of benzene rings is 2. The fraction of sp³-hybridized carbons (Fsp3) is 0.333. The normalized spacial score (nSPS) is 34.0. The number of hydrogen-bond acceptors (Lipinski definition) is 4. The van der Waals surface area contributed by atoms with Gasteiger partial charge in [-0.25, -0.2) is 16.8 Å². The van der Waals surface area contributed by atoms with Crippen LogP contribution >= 0.6 is 0 Å². The van der Waals surface area contributed by atoms with Crippen LogP contribution in [0.2, 0.25) is 0 Å². The summed E-state index contributed by atoms with van der Waals surface area (Å²) in [7, 11) is -7.61. The molecule has 4 nitrogen and oxygen atoms in total. The van der Waals surface area contributed by atoms with Crippen molar-refractivity contribution < 1.29 is 16.8 Å². The lowest BCUT2D eigenvalue weighted by molar-refractivity contribution is 0.522. The first-order chi connectivity index (χ1) is 14.4. The van der Waals surface area contributed by atoms with Crippen LogP contribution in [0.25, 0.3) is 0 Å². The molecule has 1 saturated carbocycles. The molecule has 6 rings (SSSR count). The second-order valence-electron chi connectivity index (χ2n) is 8.84. The molecule has 30 heavy (non-hydrogen) atoms. The summed E-state index contributed by atoms with van der Waals surface area (Å²) >= 11 is 0. The Morgan fingerprint density at radius 2 is 0.967 bits per heavy atom. The third-order valence-electron chi connectivity index (χ3n) is 7.50. The predicted molar refractivity (Wildman–Crippen MR) is 114 cm³/mol. The van der Waals surface area contributed by atoms with Crippen molar-refractivity contribution in [2.75, 3.05) is 0 Å². The monoisotopic (exact) mass is 438 g/mol. The minimum absolute atomic E-state index is 0.210. The highest BCUT2D eigenvalue weighted by Crippen LogP contribution is 2.64. The lowest BCUT2D eigenvalue weighted by Gasteiger charge is -2.34. The minimum Gasteiger partial charge on any atom is -0.223 e. The molecule has 0 aliphatic heterocycles. The quantitative estimate of drug-likeness (QED) is 0.538. The van der Waals surface area contributed by atoms with Crippen molar-refractivity contribution in [2.24, 2.45) is 23.7 Å². The molecule has 0 heterocycles. The largest absolute Gasteiger partial charge is 0.223 e. The van der Waals surface area contributed by atoms with E-state index in [0.717, 1.165) is 6.42 Å². The van der Waals surface area contributed by atoms with E-state index in [4.69, 9.17) is 0 Å². The molecule has 0 unspecified atom stereocenters. The highest BCUT2D eigenvalue weighted by molar-refractivity contribution is 7.96. The Balaban J connectivity index is 1.55. The van der Waals surface area contributed by atoms with Crippen molar-refractivity contribution in [2.45, 2.75) is 33.1 Å². The van der Waals surface area contributed by atoms with E-state index in [1.165, 1.54) is 11.1 Å². The Bertz CT molecular complexity index is 1190. The molecule has 0 aromatic heterocycles. The SMILES string of the molecule is O=S(=O)(c1ccccc1)[C@H]1[C@H](S(=O)(=O)c2ccccc2)[C@H]2C[C@H]1C1=C2[C@H]2C=C[C@H]1C2. The van der Waals surface area contributed by atoms with Crippen LogP contribution in [0, 0.1) is 23.7 Å². The van der Waals surface area contributed by atoms with Crippen LogP contribution in [0.15, 0.2) is 93.8 Å². The van der Waals surface area contributed by atoms with Gasteiger partial charge in [0.25, 0.3) is 0 Å². The van der Waals surface area contributed by atoms with Gasteiger partial charge in [0, 0.05) is 0 Å². The van der Waals surface area contributed by atoms with Crippen molar-refractivity contribution in [3.8, 4) is 0 Å². The van der Waals surface area contributed by atoms with Gasteiger partial charge in [-0.1, -0.05) is 59.7 Å². The second-order valence-corrected chi connectivity index (χ2v) is 13.0. The maximum atomic E-state index is 13.8. The average molecular weight is 439 g/mol. The van der Waals surface area contributed by atoms with E-state index in [-0.39, 0.29) is 33.5 Å². The molecular formula is C24H22O4S2. The molecule has 0 radical (unpaired) electrons. The van der Waals surface area contributed by atoms with E-state index < -0.39 is 30.2 Å². The molecule has 0 spiro atoms. The van der Waals surface area contributed by atoms with Gasteiger partial charge in [-0.2, -0.15) is 0 Å². The summed E-state index contributed by atoms with van der Waals surface area (Å²) < 4.78 is 55.2. The van der Waals surface area contributed by atoms with Gasteiger partial charge in [-0.3, -0.25) is 0 Å². The zero-order valence-electron chi connectivity index (χ0n) is 16.3. The van der Waals surface area contributed by atoms with Crippen molar-refractivity contribution in [1.29, 1.82) is 0 Å². The van der Waals surface area contributed by atoms with E-state index in [2.05, 4.69) is 12.2 Å². The smallest absolute Gasteiger partial charge is 0.183 e. The van der Waals surface area contributed by atoms with Crippen LogP contribution in [0.4, 0.5) is 0 Å². The first kappa shape index (κ1) is 18.6. The first-order valence-corrected chi connectivity index (χ1v) is 13.5. The van der Waals surface area contributed by atoms with Gasteiger partial charge < -0.3 is 0 Å². The summed E-state index contributed by atoms with van der Waals surface area (Å²) in [4.78, 5) is 0.438. The second kappa shape index (κ2) is 6.17. The highest BCUT2D eigenvalue weighted by Gasteiger charge is 2.65. The summed E-state index contributed by atoms with van der Waals surface area (Å²) in [6, 6.07) is 16.7. The predicted octanol–water partition coefficient (Wildman–Crippen LogP) is 3.82. The molecule has 0 N–H and O–H groups in total. The van der Waals surface area contributed by atoms with Crippen LogP contribution < -0.4 is 0 Å². The number of allylic oxidation sites excluding steroid dienone is 4. The van der Waals surface area contributed by atoms with E-state index in [1.807, 2.05) is 0 Å². The zero-order valence-corrected chi connectivity index (χ0v) is 17.9. The van der Waals surface area contributed by atoms with Crippen LogP contribution in [-0.2, 0) is 19.7 Å². The van der Waals surface area contributed by atoms with Crippen molar-refractivity contribution in [3.63, 3.8) is 0 Å². The molecule has 1 fully saturated rings. The molecule has 0 saturated heterocycles. The first-order valence-electron chi connectivity index (χ1n) is 10.4. The Kier molecular flexibility index (Phi) is 3.82. The number of sulfone groups is 2. The Hall–Kier alpha value is -2.18. The summed E-state index contributed by atoms with van der Waals surface area (Å²) in [6.45, 7) is 0. The Morgan fingerprint density at radius 3 is 1.37 bits per heavy atom. The zero-order chi connectivity index (χ0) is 20.7. The fourth-order valence-electron chi connectivity index (χ4n) is 6.49. The molecule has 2 aromatic carbocycles. The van der Waals surface area contributed by atoms with E-state index in [9.17, 15) is 16.8 Å². The molecule has 2 aromatic rings. The van der Waals surface area contributed by atoms with Gasteiger partial charge in [-0.15, -0.1) is 0 Å². The standard InChI is InChI=1S/C24H22O4S2/c25-29(26,17-7-3-1-4-8-17)23-19-14-20(22-16-12-11-15(13-16)21(19)22)24(23)30(27,28)18-9-5-2-6-10-18/h1-12,15-16,19-20,23-24H,13-14H2/t15-,16-,19-,20-,23+,24+/m0/s1. The van der Waals surface area contributed by atoms with Crippen molar-refractivity contribution in [1.82, 2.24) is 0 Å².